The van der Waals surface area contributed by atoms with Crippen molar-refractivity contribution in [3.63, 3.8) is 0 Å². The van der Waals surface area contributed by atoms with Crippen LogP contribution in [0.1, 0.15) is 6.42 Å². The Balaban J connectivity index is 1.34. The zero-order valence-corrected chi connectivity index (χ0v) is 20.1. The van der Waals surface area contributed by atoms with Crippen LogP contribution >= 0.6 is 0 Å². The maximum atomic E-state index is 12.4. The molecule has 10 heteroatoms. The number of aliphatic hydroxyl groups is 1. The molecule has 3 aromatic rings. The number of hydrogen-bond acceptors (Lipinski definition) is 8. The van der Waals surface area contributed by atoms with Crippen molar-refractivity contribution in [1.29, 1.82) is 0 Å². The van der Waals surface area contributed by atoms with Gasteiger partial charge in [-0.3, -0.25) is 9.89 Å². The quantitative estimate of drug-likeness (QED) is 0.357. The Morgan fingerprint density at radius 1 is 1.29 bits per heavy atom. The van der Waals surface area contributed by atoms with Crippen molar-refractivity contribution in [2.75, 3.05) is 52.3 Å². The molecule has 1 unspecified atom stereocenters. The molecule has 1 aliphatic heterocycles. The molecule has 0 aliphatic carbocycles. The lowest BCUT2D eigenvalue weighted by Crippen LogP contribution is -2.30. The minimum atomic E-state index is -0.809. The van der Waals surface area contributed by atoms with E-state index in [2.05, 4.69) is 20.5 Å². The standard InChI is InChI=1S/C25H32N6O4/c1-30(2)13-6-9-22(33)31-14-11-18(15-31)27-25-23-21(10-12-26-24(23)28-29-25)35-17-19(32)16-34-20-7-4-3-5-8-20/h3-10,12,18-19,32H,11,13-17H2,1-2H3,(H2,26,27,28,29)/t18-,19?/m1/s1. The molecule has 3 N–H and O–H groups in total. The van der Waals surface area contributed by atoms with Gasteiger partial charge in [-0.25, -0.2) is 4.98 Å². The van der Waals surface area contributed by atoms with Gasteiger partial charge >= 0.3 is 0 Å². The third kappa shape index (κ3) is 6.71. The number of likely N-dealkylation sites (tertiary alicyclic amines) is 1. The minimum Gasteiger partial charge on any atom is -0.491 e. The Morgan fingerprint density at radius 2 is 2.09 bits per heavy atom. The molecule has 35 heavy (non-hydrogen) atoms. The summed E-state index contributed by atoms with van der Waals surface area (Å²) in [6, 6.07) is 11.1. The summed E-state index contributed by atoms with van der Waals surface area (Å²) in [6.45, 7) is 2.17. The zero-order valence-electron chi connectivity index (χ0n) is 20.1. The zero-order chi connectivity index (χ0) is 24.6. The third-order valence-electron chi connectivity index (χ3n) is 5.61. The van der Waals surface area contributed by atoms with Crippen molar-refractivity contribution in [3.8, 4) is 11.5 Å². The van der Waals surface area contributed by atoms with Crippen molar-refractivity contribution < 1.29 is 19.4 Å². The lowest BCUT2D eigenvalue weighted by atomic mass is 10.2. The number of aromatic nitrogens is 3. The first-order chi connectivity index (χ1) is 17.0. The summed E-state index contributed by atoms with van der Waals surface area (Å²) in [7, 11) is 3.93. The van der Waals surface area contributed by atoms with Gasteiger partial charge in [-0.15, -0.1) is 0 Å². The molecule has 0 bridgehead atoms. The Labute approximate surface area is 204 Å². The van der Waals surface area contributed by atoms with Gasteiger partial charge in [-0.2, -0.15) is 5.10 Å². The molecule has 10 nitrogen and oxygen atoms in total. The number of carbonyl (C=O) groups is 1. The van der Waals surface area contributed by atoms with Gasteiger partial charge in [0.1, 0.15) is 36.2 Å². The number of benzene rings is 1. The predicted octanol–water partition coefficient (Wildman–Crippen LogP) is 1.91. The van der Waals surface area contributed by atoms with Gasteiger partial charge in [0.15, 0.2) is 11.5 Å². The molecular weight excluding hydrogens is 448 g/mol. The molecule has 1 saturated heterocycles. The molecular formula is C25H32N6O4. The number of hydrogen-bond donors (Lipinski definition) is 3. The number of pyridine rings is 1. The summed E-state index contributed by atoms with van der Waals surface area (Å²) >= 11 is 0. The van der Waals surface area contributed by atoms with Crippen LogP contribution in [-0.4, -0.2) is 95.1 Å². The molecule has 0 radical (unpaired) electrons. The summed E-state index contributed by atoms with van der Waals surface area (Å²) in [6.07, 6.45) is 5.14. The van der Waals surface area contributed by atoms with E-state index in [0.717, 1.165) is 13.0 Å². The number of para-hydroxylation sites is 1. The second-order valence-corrected chi connectivity index (χ2v) is 8.77. The normalized spacial score (nSPS) is 16.8. The van der Waals surface area contributed by atoms with Gasteiger partial charge in [0.05, 0.1) is 0 Å². The van der Waals surface area contributed by atoms with Crippen LogP contribution in [0.4, 0.5) is 5.82 Å². The van der Waals surface area contributed by atoms with E-state index < -0.39 is 6.10 Å². The van der Waals surface area contributed by atoms with Crippen LogP contribution in [0.25, 0.3) is 11.0 Å². The highest BCUT2D eigenvalue weighted by molar-refractivity contribution is 5.93. The lowest BCUT2D eigenvalue weighted by molar-refractivity contribution is -0.125. The fraction of sp³-hybridized carbons (Fsp3) is 0.400. The van der Waals surface area contributed by atoms with E-state index in [1.807, 2.05) is 60.3 Å². The second kappa shape index (κ2) is 11.7. The van der Waals surface area contributed by atoms with Gasteiger partial charge in [0.25, 0.3) is 0 Å². The number of anilines is 1. The number of nitrogens with zero attached hydrogens (tertiary/aromatic N) is 4. The van der Waals surface area contributed by atoms with Crippen LogP contribution in [0.5, 0.6) is 11.5 Å². The van der Waals surface area contributed by atoms with E-state index in [1.54, 1.807) is 18.3 Å². The Kier molecular flexibility index (Phi) is 8.17. The van der Waals surface area contributed by atoms with Gasteiger partial charge in [0, 0.05) is 37.9 Å². The summed E-state index contributed by atoms with van der Waals surface area (Å²) < 4.78 is 11.5. The Morgan fingerprint density at radius 3 is 2.89 bits per heavy atom. The van der Waals surface area contributed by atoms with E-state index in [-0.39, 0.29) is 25.2 Å². The van der Waals surface area contributed by atoms with Crippen LogP contribution in [-0.2, 0) is 4.79 Å². The van der Waals surface area contributed by atoms with Crippen LogP contribution in [0.2, 0.25) is 0 Å². The number of amides is 1. The van der Waals surface area contributed by atoms with E-state index in [0.29, 0.717) is 41.4 Å². The molecule has 186 valence electrons. The maximum Gasteiger partial charge on any atom is 0.246 e. The Hall–Kier alpha value is -3.63. The topological polar surface area (TPSA) is 116 Å². The van der Waals surface area contributed by atoms with E-state index in [4.69, 9.17) is 9.47 Å². The fourth-order valence-electron chi connectivity index (χ4n) is 3.83. The van der Waals surface area contributed by atoms with Crippen LogP contribution in [0, 0.1) is 0 Å². The van der Waals surface area contributed by atoms with Crippen molar-refractivity contribution in [3.05, 3.63) is 54.7 Å². The number of H-pyrrole nitrogens is 1. The van der Waals surface area contributed by atoms with E-state index in [1.165, 1.54) is 0 Å². The van der Waals surface area contributed by atoms with Crippen LogP contribution in [0.15, 0.2) is 54.7 Å². The number of likely N-dealkylation sites (N-methyl/N-ethyl adjacent to an activating group) is 1. The predicted molar refractivity (Wildman–Crippen MR) is 134 cm³/mol. The summed E-state index contributed by atoms with van der Waals surface area (Å²) in [5.74, 6) is 1.88. The van der Waals surface area contributed by atoms with Gasteiger partial charge in [-0.1, -0.05) is 24.3 Å². The molecule has 0 saturated carbocycles. The highest BCUT2D eigenvalue weighted by atomic mass is 16.5. The third-order valence-corrected chi connectivity index (χ3v) is 5.61. The van der Waals surface area contributed by atoms with Crippen LogP contribution < -0.4 is 14.8 Å². The first kappa shape index (κ1) is 24.5. The second-order valence-electron chi connectivity index (χ2n) is 8.77. The van der Waals surface area contributed by atoms with Gasteiger partial charge in [0.2, 0.25) is 5.91 Å². The monoisotopic (exact) mass is 480 g/mol. The average molecular weight is 481 g/mol. The highest BCUT2D eigenvalue weighted by Gasteiger charge is 2.26. The van der Waals surface area contributed by atoms with Crippen LogP contribution in [0.3, 0.4) is 0 Å². The number of ether oxygens (including phenoxy) is 2. The Bertz CT molecular complexity index is 1130. The number of aromatic amines is 1. The number of carbonyl (C=O) groups excluding carboxylic acids is 1. The largest absolute Gasteiger partial charge is 0.491 e. The number of aliphatic hydroxyl groups excluding tert-OH is 1. The van der Waals surface area contributed by atoms with E-state index in [9.17, 15) is 9.90 Å². The first-order valence-corrected chi connectivity index (χ1v) is 11.7. The number of rotatable bonds is 11. The van der Waals surface area contributed by atoms with Crippen molar-refractivity contribution >= 4 is 22.8 Å². The summed E-state index contributed by atoms with van der Waals surface area (Å²) in [5, 5.41) is 21.7. The molecule has 1 fully saturated rings. The number of nitrogens with one attached hydrogen (secondary N) is 2. The molecule has 1 amide bonds. The number of fused-ring (bicyclic) bond motifs is 1. The lowest BCUT2D eigenvalue weighted by Gasteiger charge is -2.16. The van der Waals surface area contributed by atoms with Crippen molar-refractivity contribution in [2.24, 2.45) is 0 Å². The molecule has 1 aliphatic rings. The SMILES string of the molecule is CN(C)CC=CC(=O)N1CC[C@@H](Nc2n[nH]c3nccc(OCC(O)COc4ccccc4)c23)C1. The molecule has 1 aromatic carbocycles. The average Bonchev–Trinajstić information content (AvgIpc) is 3.50. The molecule has 2 atom stereocenters. The fourth-order valence-corrected chi connectivity index (χ4v) is 3.83. The molecule has 2 aromatic heterocycles. The highest BCUT2D eigenvalue weighted by Crippen LogP contribution is 2.30. The van der Waals surface area contributed by atoms with Gasteiger partial charge in [-0.05, 0) is 38.7 Å². The molecule has 4 rings (SSSR count). The first-order valence-electron chi connectivity index (χ1n) is 11.7. The van der Waals surface area contributed by atoms with Crippen molar-refractivity contribution in [2.45, 2.75) is 18.6 Å². The smallest absolute Gasteiger partial charge is 0.246 e. The van der Waals surface area contributed by atoms with Gasteiger partial charge < -0.3 is 29.7 Å². The molecule has 0 spiro atoms. The molecule has 3 heterocycles. The van der Waals surface area contributed by atoms with E-state index >= 15 is 0 Å². The van der Waals surface area contributed by atoms with Crippen molar-refractivity contribution in [1.82, 2.24) is 25.0 Å². The summed E-state index contributed by atoms with van der Waals surface area (Å²) in [5.41, 5.74) is 0.581. The maximum absolute atomic E-state index is 12.4. The minimum absolute atomic E-state index is 0.0143. The summed E-state index contributed by atoms with van der Waals surface area (Å²) in [4.78, 5) is 20.6.